The third kappa shape index (κ3) is 2.94. The molecule has 134 valence electrons. The van der Waals surface area contributed by atoms with Gasteiger partial charge in [-0.2, -0.15) is 5.26 Å². The predicted molar refractivity (Wildman–Crippen MR) is 97.2 cm³/mol. The first kappa shape index (κ1) is 16.6. The van der Waals surface area contributed by atoms with Gasteiger partial charge in [0, 0.05) is 11.3 Å². The number of oxazole rings is 1. The summed E-state index contributed by atoms with van der Waals surface area (Å²) >= 11 is 0. The zero-order valence-electron chi connectivity index (χ0n) is 13.8. The van der Waals surface area contributed by atoms with Crippen molar-refractivity contribution >= 4 is 22.7 Å². The molecule has 9 heteroatoms. The highest BCUT2D eigenvalue weighted by Gasteiger charge is 2.36. The molecule has 0 amide bonds. The number of rotatable bonds is 2. The van der Waals surface area contributed by atoms with Crippen molar-refractivity contribution in [2.24, 2.45) is 10.7 Å². The van der Waals surface area contributed by atoms with Crippen molar-refractivity contribution in [2.45, 2.75) is 5.66 Å². The number of hydrogen-bond donors (Lipinski definition) is 4. The lowest BCUT2D eigenvalue weighted by atomic mass is 9.98. The molecule has 4 rings (SSSR count). The van der Waals surface area contributed by atoms with Crippen molar-refractivity contribution in [1.29, 1.82) is 5.26 Å². The van der Waals surface area contributed by atoms with E-state index in [4.69, 9.17) is 15.4 Å². The summed E-state index contributed by atoms with van der Waals surface area (Å²) in [6.45, 7) is 0. The van der Waals surface area contributed by atoms with Gasteiger partial charge in [-0.15, -0.1) is 0 Å². The van der Waals surface area contributed by atoms with Crippen molar-refractivity contribution in [3.05, 3.63) is 76.2 Å². The molecule has 0 radical (unpaired) electrons. The van der Waals surface area contributed by atoms with Crippen LogP contribution in [-0.2, 0) is 5.66 Å². The van der Waals surface area contributed by atoms with Crippen LogP contribution in [0.3, 0.4) is 0 Å². The molecule has 0 saturated carbocycles. The van der Waals surface area contributed by atoms with Gasteiger partial charge in [0.2, 0.25) is 5.96 Å². The summed E-state index contributed by atoms with van der Waals surface area (Å²) < 4.78 is 19.5. The third-order valence-corrected chi connectivity index (χ3v) is 4.13. The Morgan fingerprint density at radius 1 is 1.30 bits per heavy atom. The maximum atomic E-state index is 14.6. The standard InChI is InChI=1S/C18H13FN6O2/c19-15-9-22-16(23-12-3-1-2-10(6-12)8-20)25-18(15,21)11-4-5-14-13(7-11)24-17(26)27-14/h1-7,9H,21H2,(H,24,26)(H2,22,23,25). The van der Waals surface area contributed by atoms with Crippen molar-refractivity contribution in [1.82, 2.24) is 10.3 Å². The monoisotopic (exact) mass is 364 g/mol. The quantitative estimate of drug-likeness (QED) is 0.550. The highest BCUT2D eigenvalue weighted by atomic mass is 19.1. The third-order valence-electron chi connectivity index (χ3n) is 4.13. The van der Waals surface area contributed by atoms with Crippen LogP contribution in [-0.4, -0.2) is 10.9 Å². The number of hydrogen-bond acceptors (Lipinski definition) is 7. The van der Waals surface area contributed by atoms with Crippen molar-refractivity contribution in [3.63, 3.8) is 0 Å². The van der Waals surface area contributed by atoms with Crippen molar-refractivity contribution in [3.8, 4) is 6.07 Å². The number of nitrogens with zero attached hydrogens (tertiary/aromatic N) is 2. The van der Waals surface area contributed by atoms with Crippen LogP contribution < -0.4 is 22.1 Å². The molecule has 0 bridgehead atoms. The zero-order chi connectivity index (χ0) is 19.0. The van der Waals surface area contributed by atoms with Crippen LogP contribution in [0.5, 0.6) is 0 Å². The van der Waals surface area contributed by atoms with Gasteiger partial charge in [0.15, 0.2) is 17.1 Å². The van der Waals surface area contributed by atoms with Crippen molar-refractivity contribution < 1.29 is 8.81 Å². The number of halogens is 1. The predicted octanol–water partition coefficient (Wildman–Crippen LogP) is 1.99. The summed E-state index contributed by atoms with van der Waals surface area (Å²) in [5.41, 5.74) is 6.73. The van der Waals surface area contributed by atoms with E-state index in [2.05, 4.69) is 20.6 Å². The second kappa shape index (κ2) is 6.12. The van der Waals surface area contributed by atoms with Gasteiger partial charge in [-0.1, -0.05) is 12.1 Å². The van der Waals surface area contributed by atoms with E-state index in [9.17, 15) is 9.18 Å². The van der Waals surface area contributed by atoms with E-state index < -0.39 is 17.2 Å². The molecular formula is C18H13FN6O2. The van der Waals surface area contributed by atoms with Crippen LogP contribution in [0.15, 0.2) is 68.7 Å². The van der Waals surface area contributed by atoms with E-state index in [-0.39, 0.29) is 5.96 Å². The molecule has 0 fully saturated rings. The Balaban J connectivity index is 1.66. The van der Waals surface area contributed by atoms with Gasteiger partial charge in [0.25, 0.3) is 0 Å². The number of aromatic nitrogens is 1. The van der Waals surface area contributed by atoms with Gasteiger partial charge in [0.05, 0.1) is 23.3 Å². The Morgan fingerprint density at radius 3 is 2.96 bits per heavy atom. The number of aliphatic imine (C=N–C) groups is 1. The summed E-state index contributed by atoms with van der Waals surface area (Å²) in [5.74, 6) is -1.11. The number of H-pyrrole nitrogens is 1. The molecule has 1 unspecified atom stereocenters. The van der Waals surface area contributed by atoms with Crippen LogP contribution in [0.1, 0.15) is 11.1 Å². The lowest BCUT2D eigenvalue weighted by molar-refractivity contribution is 0.374. The fourth-order valence-corrected chi connectivity index (χ4v) is 2.78. The Bertz CT molecular complexity index is 1200. The Morgan fingerprint density at radius 2 is 2.15 bits per heavy atom. The minimum atomic E-state index is -1.70. The molecule has 0 saturated heterocycles. The number of aromatic amines is 1. The van der Waals surface area contributed by atoms with Crippen LogP contribution in [0.2, 0.25) is 0 Å². The fourth-order valence-electron chi connectivity index (χ4n) is 2.78. The van der Waals surface area contributed by atoms with Gasteiger partial charge in [-0.05, 0) is 30.3 Å². The molecule has 1 aliphatic heterocycles. The number of nitrogens with two attached hydrogens (primary N) is 1. The second-order valence-electron chi connectivity index (χ2n) is 5.93. The number of nitrogens with one attached hydrogen (secondary N) is 3. The highest BCUT2D eigenvalue weighted by Crippen LogP contribution is 2.29. The minimum Gasteiger partial charge on any atom is -0.408 e. The largest absolute Gasteiger partial charge is 0.417 e. The number of benzene rings is 2. The number of nitriles is 1. The maximum absolute atomic E-state index is 14.6. The minimum absolute atomic E-state index is 0.203. The maximum Gasteiger partial charge on any atom is 0.417 e. The smallest absolute Gasteiger partial charge is 0.408 e. The fraction of sp³-hybridized carbons (Fsp3) is 0.0556. The lowest BCUT2D eigenvalue weighted by Crippen LogP contribution is -2.56. The molecule has 1 atom stereocenters. The van der Waals surface area contributed by atoms with Gasteiger partial charge in [-0.25, -0.2) is 14.2 Å². The number of anilines is 1. The Labute approximate surface area is 151 Å². The molecule has 0 spiro atoms. The van der Waals surface area contributed by atoms with E-state index in [0.717, 1.165) is 6.20 Å². The summed E-state index contributed by atoms with van der Waals surface area (Å²) in [7, 11) is 0. The van der Waals surface area contributed by atoms with Crippen LogP contribution >= 0.6 is 0 Å². The summed E-state index contributed by atoms with van der Waals surface area (Å²) in [4.78, 5) is 17.8. The topological polar surface area (TPSA) is 132 Å². The van der Waals surface area contributed by atoms with Gasteiger partial charge in [-0.3, -0.25) is 10.7 Å². The number of fused-ring (bicyclic) bond motifs is 1. The average Bonchev–Trinajstić information content (AvgIpc) is 3.04. The van der Waals surface area contributed by atoms with Crippen LogP contribution in [0.25, 0.3) is 11.1 Å². The van der Waals surface area contributed by atoms with E-state index in [1.807, 2.05) is 6.07 Å². The van der Waals surface area contributed by atoms with Crippen molar-refractivity contribution in [2.75, 3.05) is 5.32 Å². The zero-order valence-corrected chi connectivity index (χ0v) is 13.8. The summed E-state index contributed by atoms with van der Waals surface area (Å²) in [6, 6.07) is 13.4. The first-order chi connectivity index (χ1) is 13.0. The molecule has 2 heterocycles. The molecule has 1 aliphatic rings. The summed E-state index contributed by atoms with van der Waals surface area (Å²) in [6.07, 6.45) is 1.01. The summed E-state index contributed by atoms with van der Waals surface area (Å²) in [5, 5.41) is 14.8. The molecule has 3 aromatic rings. The molecule has 2 aromatic carbocycles. The first-order valence-corrected chi connectivity index (χ1v) is 7.89. The lowest BCUT2D eigenvalue weighted by Gasteiger charge is -2.33. The molecule has 1 aromatic heterocycles. The molecule has 27 heavy (non-hydrogen) atoms. The molecular weight excluding hydrogens is 351 g/mol. The average molecular weight is 364 g/mol. The molecule has 5 N–H and O–H groups in total. The first-order valence-electron chi connectivity index (χ1n) is 7.89. The molecule has 0 aliphatic carbocycles. The van der Waals surface area contributed by atoms with Crippen LogP contribution in [0, 0.1) is 11.3 Å². The number of guanidine groups is 1. The van der Waals surface area contributed by atoms with Gasteiger partial charge < -0.3 is 15.1 Å². The van der Waals surface area contributed by atoms with Gasteiger partial charge in [0.1, 0.15) is 0 Å². The van der Waals surface area contributed by atoms with E-state index >= 15 is 0 Å². The molecule has 8 nitrogen and oxygen atoms in total. The Kier molecular flexibility index (Phi) is 3.75. The van der Waals surface area contributed by atoms with E-state index in [0.29, 0.717) is 27.9 Å². The van der Waals surface area contributed by atoms with E-state index in [1.54, 1.807) is 30.3 Å². The Hall–Kier alpha value is -3.90. The second-order valence-corrected chi connectivity index (χ2v) is 5.93. The normalized spacial score (nSPS) is 19.0. The highest BCUT2D eigenvalue weighted by molar-refractivity contribution is 5.95. The van der Waals surface area contributed by atoms with Crippen LogP contribution in [0.4, 0.5) is 10.1 Å². The van der Waals surface area contributed by atoms with Gasteiger partial charge >= 0.3 is 5.76 Å². The van der Waals surface area contributed by atoms with E-state index in [1.165, 1.54) is 12.1 Å². The SMILES string of the molecule is N#Cc1cccc(NC2=NC=C(F)C(N)(c3ccc4oc(=O)[nH]c4c3)N2)c1.